The van der Waals surface area contributed by atoms with E-state index in [1.54, 1.807) is 19.2 Å². The van der Waals surface area contributed by atoms with Crippen molar-refractivity contribution in [3.8, 4) is 17.2 Å². The molecule has 0 unspecified atom stereocenters. The molecule has 3 aromatic carbocycles. The number of hydrogen-bond donors (Lipinski definition) is 0. The van der Waals surface area contributed by atoms with Gasteiger partial charge in [-0.05, 0) is 66.6 Å². The summed E-state index contributed by atoms with van der Waals surface area (Å²) >= 11 is 0. The molecule has 2 heterocycles. The number of nitro groups is 1. The fraction of sp³-hybridized carbons (Fsp3) is 0.367. The van der Waals surface area contributed by atoms with Crippen LogP contribution in [0.25, 0.3) is 0 Å². The van der Waals surface area contributed by atoms with Gasteiger partial charge in [-0.25, -0.2) is 5.01 Å². The van der Waals surface area contributed by atoms with Crippen molar-refractivity contribution in [1.29, 1.82) is 0 Å². The van der Waals surface area contributed by atoms with E-state index in [2.05, 4.69) is 6.92 Å². The van der Waals surface area contributed by atoms with Crippen LogP contribution in [-0.2, 0) is 0 Å². The summed E-state index contributed by atoms with van der Waals surface area (Å²) in [6.07, 6.45) is 6.13. The first-order chi connectivity index (χ1) is 18.6. The summed E-state index contributed by atoms with van der Waals surface area (Å²) < 4.78 is 17.6. The van der Waals surface area contributed by atoms with Gasteiger partial charge < -0.3 is 14.2 Å². The average Bonchev–Trinajstić information content (AvgIpc) is 3.40. The van der Waals surface area contributed by atoms with Gasteiger partial charge in [-0.1, -0.05) is 32.6 Å². The van der Waals surface area contributed by atoms with Gasteiger partial charge in [0.1, 0.15) is 17.2 Å². The molecule has 8 nitrogen and oxygen atoms in total. The Morgan fingerprint density at radius 3 is 2.45 bits per heavy atom. The van der Waals surface area contributed by atoms with Crippen LogP contribution >= 0.6 is 0 Å². The third kappa shape index (κ3) is 5.44. The minimum atomic E-state index is -0.465. The number of methoxy groups -OCH3 is 1. The highest BCUT2D eigenvalue weighted by Crippen LogP contribution is 2.48. The van der Waals surface area contributed by atoms with Crippen molar-refractivity contribution in [2.45, 2.75) is 57.7 Å². The van der Waals surface area contributed by atoms with Crippen molar-refractivity contribution in [3.05, 3.63) is 93.5 Å². The Bertz CT molecular complexity index is 1290. The van der Waals surface area contributed by atoms with E-state index in [4.69, 9.17) is 19.3 Å². The molecule has 8 heteroatoms. The Balaban J connectivity index is 1.39. The number of fused-ring (bicyclic) bond motifs is 3. The van der Waals surface area contributed by atoms with Gasteiger partial charge in [-0.3, -0.25) is 10.1 Å². The Labute approximate surface area is 223 Å². The first kappa shape index (κ1) is 25.6. The normalized spacial score (nSPS) is 17.7. The predicted molar refractivity (Wildman–Crippen MR) is 146 cm³/mol. The van der Waals surface area contributed by atoms with Gasteiger partial charge >= 0.3 is 0 Å². The second-order valence-corrected chi connectivity index (χ2v) is 9.66. The van der Waals surface area contributed by atoms with Crippen LogP contribution < -0.4 is 14.2 Å². The fourth-order valence-electron chi connectivity index (χ4n) is 4.99. The maximum atomic E-state index is 11.5. The number of unbranched alkanes of at least 4 members (excludes halogenated alkanes) is 4. The minimum Gasteiger partial charge on any atom is -0.497 e. The highest BCUT2D eigenvalue weighted by Gasteiger charge is 2.41. The molecule has 0 bridgehead atoms. The zero-order valence-electron chi connectivity index (χ0n) is 21.8. The maximum absolute atomic E-state index is 11.5. The number of hydrazone groups is 1. The van der Waals surface area contributed by atoms with E-state index in [1.807, 2.05) is 53.5 Å². The molecule has 2 aliphatic heterocycles. The van der Waals surface area contributed by atoms with Crippen LogP contribution in [0.15, 0.2) is 71.8 Å². The molecule has 0 spiro atoms. The van der Waals surface area contributed by atoms with E-state index in [0.29, 0.717) is 18.8 Å². The van der Waals surface area contributed by atoms with Crippen molar-refractivity contribution in [2.24, 2.45) is 5.10 Å². The van der Waals surface area contributed by atoms with Gasteiger partial charge in [0.15, 0.2) is 0 Å². The van der Waals surface area contributed by atoms with Gasteiger partial charge in [0.05, 0.1) is 30.4 Å². The molecule has 3 aromatic rings. The average molecular weight is 516 g/mol. The molecule has 0 N–H and O–H groups in total. The van der Waals surface area contributed by atoms with Crippen LogP contribution in [0.3, 0.4) is 0 Å². The zero-order chi connectivity index (χ0) is 26.5. The summed E-state index contributed by atoms with van der Waals surface area (Å²) in [5.41, 5.74) is 3.63. The molecule has 0 saturated carbocycles. The number of non-ortho nitro benzene ring substituents is 1. The molecule has 0 aromatic heterocycles. The summed E-state index contributed by atoms with van der Waals surface area (Å²) in [5.74, 6) is 2.24. The van der Waals surface area contributed by atoms with E-state index in [0.717, 1.165) is 40.3 Å². The first-order valence-corrected chi connectivity index (χ1v) is 13.3. The lowest BCUT2D eigenvalue weighted by molar-refractivity contribution is -0.385. The lowest BCUT2D eigenvalue weighted by Crippen LogP contribution is -2.33. The molecule has 0 saturated heterocycles. The second-order valence-electron chi connectivity index (χ2n) is 9.66. The molecular weight excluding hydrogens is 482 g/mol. The lowest BCUT2D eigenvalue weighted by atomic mass is 9.95. The van der Waals surface area contributed by atoms with Crippen LogP contribution in [-0.4, -0.2) is 29.4 Å². The fourth-order valence-corrected chi connectivity index (χ4v) is 4.99. The molecule has 0 aliphatic carbocycles. The molecule has 0 amide bonds. The topological polar surface area (TPSA) is 86.4 Å². The molecule has 0 radical (unpaired) electrons. The minimum absolute atomic E-state index is 0.0415. The smallest absolute Gasteiger partial charge is 0.270 e. The van der Waals surface area contributed by atoms with E-state index in [9.17, 15) is 10.1 Å². The Kier molecular flexibility index (Phi) is 7.77. The summed E-state index contributed by atoms with van der Waals surface area (Å²) in [7, 11) is 1.64. The molecule has 2 aliphatic rings. The number of hydrogen-bond acceptors (Lipinski definition) is 7. The summed E-state index contributed by atoms with van der Waals surface area (Å²) in [6.45, 7) is 2.92. The third-order valence-electron chi connectivity index (χ3n) is 7.09. The molecule has 2 atom stereocenters. The number of nitro benzene ring substituents is 1. The van der Waals surface area contributed by atoms with Crippen molar-refractivity contribution < 1.29 is 19.1 Å². The van der Waals surface area contributed by atoms with Crippen LogP contribution in [0.1, 0.15) is 74.4 Å². The second kappa shape index (κ2) is 11.5. The summed E-state index contributed by atoms with van der Waals surface area (Å²) in [5, 5.41) is 18.4. The van der Waals surface area contributed by atoms with Gasteiger partial charge in [-0.2, -0.15) is 5.10 Å². The van der Waals surface area contributed by atoms with Gasteiger partial charge in [-0.15, -0.1) is 0 Å². The van der Waals surface area contributed by atoms with Crippen molar-refractivity contribution in [1.82, 2.24) is 5.01 Å². The maximum Gasteiger partial charge on any atom is 0.270 e. The molecule has 5 rings (SSSR count). The predicted octanol–water partition coefficient (Wildman–Crippen LogP) is 7.19. The first-order valence-electron chi connectivity index (χ1n) is 13.3. The van der Waals surface area contributed by atoms with Gasteiger partial charge in [0.2, 0.25) is 6.23 Å². The highest BCUT2D eigenvalue weighted by molar-refractivity contribution is 6.02. The lowest BCUT2D eigenvalue weighted by Gasteiger charge is -2.38. The number of ether oxygens (including phenoxy) is 3. The molecular formula is C30H33N3O5. The largest absolute Gasteiger partial charge is 0.497 e. The number of rotatable bonds is 11. The number of nitrogens with zero attached hydrogens (tertiary/aromatic N) is 3. The standard InChI is InChI=1S/C30H33N3O5/c1-3-4-5-6-7-18-37-25-15-10-22(11-16-25)30-32-28(26-19-23(33(34)35)12-17-29(26)38-30)20-27(31-32)21-8-13-24(36-2)14-9-21/h8-17,19,28,30H,3-7,18,20H2,1-2H3/t28-,30-/m0/s1. The Hall–Kier alpha value is -4.07. The number of benzene rings is 3. The molecule has 38 heavy (non-hydrogen) atoms. The van der Waals surface area contributed by atoms with Crippen LogP contribution in [0.5, 0.6) is 17.2 Å². The van der Waals surface area contributed by atoms with E-state index in [1.165, 1.54) is 31.7 Å². The molecule has 0 fully saturated rings. The van der Waals surface area contributed by atoms with Gasteiger partial charge in [0.25, 0.3) is 5.69 Å². The van der Waals surface area contributed by atoms with Crippen molar-refractivity contribution in [2.75, 3.05) is 13.7 Å². The van der Waals surface area contributed by atoms with E-state index >= 15 is 0 Å². The summed E-state index contributed by atoms with van der Waals surface area (Å²) in [4.78, 5) is 11.1. The summed E-state index contributed by atoms with van der Waals surface area (Å²) in [6, 6.07) is 20.3. The van der Waals surface area contributed by atoms with Crippen molar-refractivity contribution in [3.63, 3.8) is 0 Å². The molecule has 198 valence electrons. The van der Waals surface area contributed by atoms with Crippen LogP contribution in [0.4, 0.5) is 5.69 Å². The third-order valence-corrected chi connectivity index (χ3v) is 7.09. The van der Waals surface area contributed by atoms with E-state index in [-0.39, 0.29) is 16.7 Å². The highest BCUT2D eigenvalue weighted by atomic mass is 16.6. The zero-order valence-corrected chi connectivity index (χ0v) is 21.8. The monoisotopic (exact) mass is 515 g/mol. The Morgan fingerprint density at radius 1 is 1.00 bits per heavy atom. The van der Waals surface area contributed by atoms with E-state index < -0.39 is 6.23 Å². The van der Waals surface area contributed by atoms with Gasteiger partial charge in [0, 0.05) is 29.7 Å². The van der Waals surface area contributed by atoms with Crippen LogP contribution in [0.2, 0.25) is 0 Å². The SMILES string of the molecule is CCCCCCCOc1ccc([C@@H]2Oc3ccc([N+](=O)[O-])cc3[C@@H]3CC(c4ccc(OC)cc4)=NN32)cc1. The quantitative estimate of drug-likeness (QED) is 0.153. The van der Waals surface area contributed by atoms with Crippen molar-refractivity contribution >= 4 is 11.4 Å². The van der Waals surface area contributed by atoms with Crippen LogP contribution in [0, 0.1) is 10.1 Å². The Morgan fingerprint density at radius 2 is 1.74 bits per heavy atom.